The van der Waals surface area contributed by atoms with Gasteiger partial charge in [0.25, 0.3) is 0 Å². The minimum atomic E-state index is 0.721. The number of rotatable bonds is 4. The molecule has 2 aromatic rings. The van der Waals surface area contributed by atoms with E-state index in [2.05, 4.69) is 40.3 Å². The average molecular weight is 294 g/mol. The molecule has 1 heterocycles. The molecule has 0 bridgehead atoms. The lowest BCUT2D eigenvalue weighted by molar-refractivity contribution is 0.512. The summed E-state index contributed by atoms with van der Waals surface area (Å²) < 4.78 is 7.08. The molecular formula is C14H16BrNO. The summed E-state index contributed by atoms with van der Waals surface area (Å²) in [6.45, 7) is 3.93. The molecule has 3 rings (SSSR count). The highest BCUT2D eigenvalue weighted by atomic mass is 79.9. The van der Waals surface area contributed by atoms with Crippen molar-refractivity contribution in [2.24, 2.45) is 0 Å². The van der Waals surface area contributed by atoms with Crippen molar-refractivity contribution in [3.8, 4) is 0 Å². The molecule has 0 saturated heterocycles. The molecule has 0 spiro atoms. The van der Waals surface area contributed by atoms with Crippen LogP contribution in [0.2, 0.25) is 0 Å². The van der Waals surface area contributed by atoms with E-state index >= 15 is 0 Å². The first kappa shape index (κ1) is 11.3. The average Bonchev–Trinajstić information content (AvgIpc) is 3.09. The second-order valence-corrected chi connectivity index (χ2v) is 5.46. The van der Waals surface area contributed by atoms with Gasteiger partial charge in [-0.05, 0) is 47.3 Å². The van der Waals surface area contributed by atoms with Crippen molar-refractivity contribution < 1.29 is 4.42 Å². The molecule has 0 radical (unpaired) electrons. The fourth-order valence-corrected chi connectivity index (χ4v) is 2.79. The lowest BCUT2D eigenvalue weighted by Gasteiger charge is -2.01. The molecule has 1 aliphatic rings. The van der Waals surface area contributed by atoms with Crippen molar-refractivity contribution in [1.29, 1.82) is 0 Å². The van der Waals surface area contributed by atoms with E-state index in [1.807, 2.05) is 6.07 Å². The normalized spacial score (nSPS) is 15.6. The molecule has 17 heavy (non-hydrogen) atoms. The minimum absolute atomic E-state index is 0.721. The number of para-hydroxylation sites is 1. The maximum absolute atomic E-state index is 6.02. The van der Waals surface area contributed by atoms with Gasteiger partial charge in [0.2, 0.25) is 0 Å². The summed E-state index contributed by atoms with van der Waals surface area (Å²) in [5.74, 6) is 1.84. The Morgan fingerprint density at radius 1 is 1.41 bits per heavy atom. The molecule has 1 fully saturated rings. The van der Waals surface area contributed by atoms with Gasteiger partial charge in [-0.15, -0.1) is 0 Å². The van der Waals surface area contributed by atoms with Gasteiger partial charge in [-0.25, -0.2) is 0 Å². The van der Waals surface area contributed by atoms with Crippen LogP contribution in [0.15, 0.2) is 27.1 Å². The van der Waals surface area contributed by atoms with Crippen LogP contribution in [-0.4, -0.2) is 6.54 Å². The van der Waals surface area contributed by atoms with E-state index < -0.39 is 0 Å². The van der Waals surface area contributed by atoms with Crippen LogP contribution in [0.1, 0.15) is 37.0 Å². The zero-order valence-corrected chi connectivity index (χ0v) is 11.5. The van der Waals surface area contributed by atoms with Crippen molar-refractivity contribution in [3.63, 3.8) is 0 Å². The van der Waals surface area contributed by atoms with E-state index in [-0.39, 0.29) is 0 Å². The molecule has 1 saturated carbocycles. The highest BCUT2D eigenvalue weighted by molar-refractivity contribution is 9.10. The molecular weight excluding hydrogens is 278 g/mol. The van der Waals surface area contributed by atoms with E-state index in [4.69, 9.17) is 4.42 Å². The number of benzene rings is 1. The predicted molar refractivity (Wildman–Crippen MR) is 73.3 cm³/mol. The molecule has 1 aliphatic carbocycles. The van der Waals surface area contributed by atoms with Crippen LogP contribution < -0.4 is 5.32 Å². The molecule has 0 amide bonds. The van der Waals surface area contributed by atoms with Crippen molar-refractivity contribution >= 4 is 26.9 Å². The Morgan fingerprint density at radius 3 is 2.94 bits per heavy atom. The number of furan rings is 1. The summed E-state index contributed by atoms with van der Waals surface area (Å²) in [7, 11) is 0. The number of hydrogen-bond donors (Lipinski definition) is 1. The van der Waals surface area contributed by atoms with E-state index in [0.29, 0.717) is 0 Å². The number of fused-ring (bicyclic) bond motifs is 1. The Bertz CT molecular complexity index is 542. The summed E-state index contributed by atoms with van der Waals surface area (Å²) in [6.07, 6.45) is 2.61. The topological polar surface area (TPSA) is 25.2 Å². The van der Waals surface area contributed by atoms with E-state index in [0.717, 1.165) is 34.8 Å². The van der Waals surface area contributed by atoms with Crippen LogP contribution in [0, 0.1) is 0 Å². The van der Waals surface area contributed by atoms with Crippen LogP contribution in [0.4, 0.5) is 0 Å². The highest BCUT2D eigenvalue weighted by Crippen LogP contribution is 2.47. The largest absolute Gasteiger partial charge is 0.458 e. The van der Waals surface area contributed by atoms with Crippen LogP contribution in [0.25, 0.3) is 11.0 Å². The minimum Gasteiger partial charge on any atom is -0.458 e. The van der Waals surface area contributed by atoms with Gasteiger partial charge in [0.05, 0.1) is 11.0 Å². The maximum atomic E-state index is 6.02. The summed E-state index contributed by atoms with van der Waals surface area (Å²) >= 11 is 3.57. The summed E-state index contributed by atoms with van der Waals surface area (Å²) in [5.41, 5.74) is 2.43. The van der Waals surface area contributed by atoms with Crippen LogP contribution >= 0.6 is 15.9 Å². The van der Waals surface area contributed by atoms with Crippen molar-refractivity contribution in [2.75, 3.05) is 6.54 Å². The number of halogens is 1. The molecule has 1 aromatic heterocycles. The van der Waals surface area contributed by atoms with E-state index in [1.165, 1.54) is 23.8 Å². The molecule has 1 N–H and O–H groups in total. The first-order valence-corrected chi connectivity index (χ1v) is 7.01. The Balaban J connectivity index is 2.12. The van der Waals surface area contributed by atoms with Gasteiger partial charge in [0, 0.05) is 10.9 Å². The SMILES string of the molecule is CCNCc1oc2c(Br)cccc2c1C1CC1. The highest BCUT2D eigenvalue weighted by Gasteiger charge is 2.30. The third-order valence-electron chi connectivity index (χ3n) is 3.30. The fraction of sp³-hybridized carbons (Fsp3) is 0.429. The summed E-state index contributed by atoms with van der Waals surface area (Å²) in [6, 6.07) is 6.30. The van der Waals surface area contributed by atoms with Crippen LogP contribution in [-0.2, 0) is 6.54 Å². The molecule has 0 aliphatic heterocycles. The lowest BCUT2D eigenvalue weighted by atomic mass is 10.1. The molecule has 2 nitrogen and oxygen atoms in total. The molecule has 0 unspecified atom stereocenters. The molecule has 3 heteroatoms. The Labute approximate surface area is 110 Å². The smallest absolute Gasteiger partial charge is 0.148 e. The summed E-state index contributed by atoms with van der Waals surface area (Å²) in [5, 5.41) is 4.65. The third kappa shape index (κ3) is 2.02. The monoisotopic (exact) mass is 293 g/mol. The molecule has 90 valence electrons. The quantitative estimate of drug-likeness (QED) is 0.915. The fourth-order valence-electron chi connectivity index (χ4n) is 2.34. The first-order chi connectivity index (χ1) is 8.31. The summed E-state index contributed by atoms with van der Waals surface area (Å²) in [4.78, 5) is 0. The van der Waals surface area contributed by atoms with Gasteiger partial charge in [-0.3, -0.25) is 0 Å². The predicted octanol–water partition coefficient (Wildman–Crippen LogP) is 4.18. The van der Waals surface area contributed by atoms with Gasteiger partial charge in [-0.2, -0.15) is 0 Å². The van der Waals surface area contributed by atoms with Crippen LogP contribution in [0.5, 0.6) is 0 Å². The maximum Gasteiger partial charge on any atom is 0.148 e. The van der Waals surface area contributed by atoms with E-state index in [1.54, 1.807) is 0 Å². The Morgan fingerprint density at radius 2 is 2.24 bits per heavy atom. The zero-order chi connectivity index (χ0) is 11.8. The molecule has 0 atom stereocenters. The van der Waals surface area contributed by atoms with Crippen LogP contribution in [0.3, 0.4) is 0 Å². The lowest BCUT2D eigenvalue weighted by Crippen LogP contribution is -2.12. The second kappa shape index (κ2) is 4.46. The zero-order valence-electron chi connectivity index (χ0n) is 9.92. The van der Waals surface area contributed by atoms with Gasteiger partial charge in [0.15, 0.2) is 0 Å². The Hall–Kier alpha value is -0.800. The van der Waals surface area contributed by atoms with E-state index in [9.17, 15) is 0 Å². The Kier molecular flexibility index (Phi) is 2.97. The van der Waals surface area contributed by atoms with Gasteiger partial charge in [-0.1, -0.05) is 19.1 Å². The first-order valence-electron chi connectivity index (χ1n) is 6.21. The van der Waals surface area contributed by atoms with Gasteiger partial charge < -0.3 is 9.73 Å². The van der Waals surface area contributed by atoms with Gasteiger partial charge >= 0.3 is 0 Å². The standard InChI is InChI=1S/C14H16BrNO/c1-2-16-8-12-13(9-6-7-9)10-4-3-5-11(15)14(10)17-12/h3-5,9,16H,2,6-8H2,1H3. The molecule has 1 aromatic carbocycles. The number of nitrogens with one attached hydrogen (secondary N) is 1. The third-order valence-corrected chi connectivity index (χ3v) is 3.93. The van der Waals surface area contributed by atoms with Gasteiger partial charge in [0.1, 0.15) is 11.3 Å². The number of hydrogen-bond acceptors (Lipinski definition) is 2. The van der Waals surface area contributed by atoms with Crippen molar-refractivity contribution in [3.05, 3.63) is 34.0 Å². The van der Waals surface area contributed by atoms with Crippen molar-refractivity contribution in [2.45, 2.75) is 32.2 Å². The second-order valence-electron chi connectivity index (χ2n) is 4.61. The van der Waals surface area contributed by atoms with Crippen molar-refractivity contribution in [1.82, 2.24) is 5.32 Å².